The summed E-state index contributed by atoms with van der Waals surface area (Å²) < 4.78 is 22.4. The Morgan fingerprint density at radius 2 is 1.22 bits per heavy atom. The first kappa shape index (κ1) is 29.4. The molecule has 0 bridgehead atoms. The molecule has 6 heteroatoms. The van der Waals surface area contributed by atoms with Gasteiger partial charge in [0.25, 0.3) is 0 Å². The monoisotopic (exact) mass is 498 g/mol. The van der Waals surface area contributed by atoms with Crippen LogP contribution in [0.2, 0.25) is 0 Å². The quantitative estimate of drug-likeness (QED) is 0.0906. The summed E-state index contributed by atoms with van der Waals surface area (Å²) in [6.07, 6.45) is 10.2. The lowest BCUT2D eigenvalue weighted by Crippen LogP contribution is -2.22. The molecule has 198 valence electrons. The third-order valence-electron chi connectivity index (χ3n) is 5.70. The van der Waals surface area contributed by atoms with E-state index in [1.165, 1.54) is 32.1 Å². The third-order valence-corrected chi connectivity index (χ3v) is 5.70. The Morgan fingerprint density at radius 3 is 1.86 bits per heavy atom. The highest BCUT2D eigenvalue weighted by Crippen LogP contribution is 2.19. The second-order valence-corrected chi connectivity index (χ2v) is 8.90. The van der Waals surface area contributed by atoms with Crippen LogP contribution in [-0.2, 0) is 9.47 Å². The zero-order valence-corrected chi connectivity index (χ0v) is 22.1. The van der Waals surface area contributed by atoms with Crippen LogP contribution in [0.4, 0.5) is 0 Å². The molecule has 36 heavy (non-hydrogen) atoms. The summed E-state index contributed by atoms with van der Waals surface area (Å²) in [4.78, 5) is 25.0. The van der Waals surface area contributed by atoms with Gasteiger partial charge < -0.3 is 18.9 Å². The van der Waals surface area contributed by atoms with Gasteiger partial charge >= 0.3 is 11.9 Å². The van der Waals surface area contributed by atoms with Gasteiger partial charge in [-0.2, -0.15) is 0 Å². The molecule has 0 spiro atoms. The van der Waals surface area contributed by atoms with Gasteiger partial charge in [0.1, 0.15) is 11.5 Å². The van der Waals surface area contributed by atoms with Gasteiger partial charge in [0.05, 0.1) is 24.3 Å². The van der Waals surface area contributed by atoms with Crippen molar-refractivity contribution in [2.75, 3.05) is 13.2 Å². The molecule has 0 saturated carbocycles. The van der Waals surface area contributed by atoms with Crippen LogP contribution in [0.3, 0.4) is 0 Å². The molecular weight excluding hydrogens is 456 g/mol. The molecule has 0 aliphatic carbocycles. The molecular formula is C30H42O6. The average molecular weight is 499 g/mol. The zero-order chi connectivity index (χ0) is 26.0. The lowest BCUT2D eigenvalue weighted by Gasteiger charge is -2.18. The molecule has 0 aromatic heterocycles. The van der Waals surface area contributed by atoms with Crippen LogP contribution in [0, 0.1) is 0 Å². The molecule has 0 amide bonds. The maximum absolute atomic E-state index is 12.5. The van der Waals surface area contributed by atoms with E-state index in [2.05, 4.69) is 13.8 Å². The van der Waals surface area contributed by atoms with Crippen LogP contribution < -0.4 is 9.47 Å². The number of carbonyl (C=O) groups is 2. The fraction of sp³-hybridized carbons (Fsp3) is 0.533. The highest BCUT2D eigenvalue weighted by molar-refractivity contribution is 5.92. The molecule has 0 N–H and O–H groups in total. The van der Waals surface area contributed by atoms with Crippen molar-refractivity contribution in [3.63, 3.8) is 0 Å². The van der Waals surface area contributed by atoms with Crippen LogP contribution in [0.5, 0.6) is 11.5 Å². The normalized spacial score (nSPS) is 11.6. The van der Waals surface area contributed by atoms with E-state index in [0.717, 1.165) is 31.4 Å². The van der Waals surface area contributed by atoms with Crippen molar-refractivity contribution >= 4 is 11.9 Å². The summed E-state index contributed by atoms with van der Waals surface area (Å²) in [5, 5.41) is 0. The zero-order valence-electron chi connectivity index (χ0n) is 22.1. The van der Waals surface area contributed by atoms with Crippen molar-refractivity contribution in [1.82, 2.24) is 0 Å². The Morgan fingerprint density at radius 1 is 0.639 bits per heavy atom. The topological polar surface area (TPSA) is 71.1 Å². The van der Waals surface area contributed by atoms with Crippen molar-refractivity contribution in [3.8, 4) is 11.5 Å². The number of ether oxygens (including phenoxy) is 4. The van der Waals surface area contributed by atoms with Gasteiger partial charge in [-0.3, -0.25) is 0 Å². The smallest absolute Gasteiger partial charge is 0.343 e. The first-order valence-corrected chi connectivity index (χ1v) is 13.4. The van der Waals surface area contributed by atoms with E-state index in [9.17, 15) is 9.59 Å². The van der Waals surface area contributed by atoms with Gasteiger partial charge in [-0.25, -0.2) is 9.59 Å². The van der Waals surface area contributed by atoms with Crippen LogP contribution >= 0.6 is 0 Å². The molecule has 2 aromatic carbocycles. The van der Waals surface area contributed by atoms with Crippen molar-refractivity contribution in [2.24, 2.45) is 0 Å². The second kappa shape index (κ2) is 17.6. The van der Waals surface area contributed by atoms with E-state index in [0.29, 0.717) is 36.5 Å². The first-order chi connectivity index (χ1) is 17.6. The summed E-state index contributed by atoms with van der Waals surface area (Å²) in [6, 6.07) is 13.3. The molecule has 6 nitrogen and oxygen atoms in total. The van der Waals surface area contributed by atoms with Gasteiger partial charge in [0.15, 0.2) is 0 Å². The van der Waals surface area contributed by atoms with Crippen molar-refractivity contribution in [1.29, 1.82) is 0 Å². The van der Waals surface area contributed by atoms with Gasteiger partial charge in [0, 0.05) is 6.42 Å². The minimum Gasteiger partial charge on any atom is -0.494 e. The maximum atomic E-state index is 12.5. The summed E-state index contributed by atoms with van der Waals surface area (Å²) in [5.41, 5.74) is 0.806. The van der Waals surface area contributed by atoms with E-state index in [1.807, 2.05) is 6.92 Å². The van der Waals surface area contributed by atoms with E-state index in [-0.39, 0.29) is 0 Å². The Hall–Kier alpha value is -2.86. The summed E-state index contributed by atoms with van der Waals surface area (Å²) in [5.74, 6) is 0.162. The Kier molecular flexibility index (Phi) is 14.3. The number of rotatable bonds is 18. The van der Waals surface area contributed by atoms with Gasteiger partial charge in [-0.05, 0) is 67.8 Å². The number of unbranched alkanes of at least 4 members (excludes halogenated alkanes) is 6. The molecule has 0 fully saturated rings. The number of carbonyl (C=O) groups excluding carboxylic acids is 2. The molecule has 0 aliphatic rings. The summed E-state index contributed by atoms with van der Waals surface area (Å²) >= 11 is 0. The lowest BCUT2D eigenvalue weighted by molar-refractivity contribution is -0.114. The standard InChI is InChI=1S/C30H42O6/c1-4-7-9-10-11-12-23-33-26-18-14-24(15-19-26)29(31)35-27-20-16-25(17-21-27)30(32)36-28(13-8-5-2)34-22-6-3/h14-21,28H,4-13,22-23H2,1-3H3. The fourth-order valence-corrected chi connectivity index (χ4v) is 3.57. The number of hydrogen-bond donors (Lipinski definition) is 0. The highest BCUT2D eigenvalue weighted by Gasteiger charge is 2.17. The van der Waals surface area contributed by atoms with Crippen LogP contribution in [0.1, 0.15) is 106 Å². The predicted octanol–water partition coefficient (Wildman–Crippen LogP) is 7.74. The lowest BCUT2D eigenvalue weighted by atomic mass is 10.1. The predicted molar refractivity (Wildman–Crippen MR) is 142 cm³/mol. The Labute approximate surface area is 216 Å². The average Bonchev–Trinajstić information content (AvgIpc) is 2.90. The maximum Gasteiger partial charge on any atom is 0.343 e. The minimum atomic E-state index is -0.548. The summed E-state index contributed by atoms with van der Waals surface area (Å²) in [7, 11) is 0. The molecule has 2 aromatic rings. The molecule has 0 radical (unpaired) electrons. The van der Waals surface area contributed by atoms with Gasteiger partial charge in [0.2, 0.25) is 6.29 Å². The number of hydrogen-bond acceptors (Lipinski definition) is 6. The van der Waals surface area contributed by atoms with E-state index in [1.54, 1.807) is 48.5 Å². The van der Waals surface area contributed by atoms with E-state index >= 15 is 0 Å². The highest BCUT2D eigenvalue weighted by atomic mass is 16.7. The fourth-order valence-electron chi connectivity index (χ4n) is 3.57. The third kappa shape index (κ3) is 11.3. The van der Waals surface area contributed by atoms with Gasteiger partial charge in [-0.15, -0.1) is 0 Å². The van der Waals surface area contributed by atoms with Gasteiger partial charge in [-0.1, -0.05) is 59.3 Å². The number of benzene rings is 2. The van der Waals surface area contributed by atoms with Crippen LogP contribution in [0.25, 0.3) is 0 Å². The molecule has 0 aliphatic heterocycles. The molecule has 0 heterocycles. The minimum absolute atomic E-state index is 0.352. The Bertz CT molecular complexity index is 867. The Balaban J connectivity index is 1.80. The molecule has 1 unspecified atom stereocenters. The van der Waals surface area contributed by atoms with E-state index < -0.39 is 18.2 Å². The first-order valence-electron chi connectivity index (χ1n) is 13.4. The number of esters is 2. The summed E-state index contributed by atoms with van der Waals surface area (Å²) in [6.45, 7) is 7.53. The van der Waals surface area contributed by atoms with Crippen LogP contribution in [0.15, 0.2) is 48.5 Å². The van der Waals surface area contributed by atoms with Crippen molar-refractivity contribution in [2.45, 2.75) is 91.3 Å². The molecule has 1 atom stereocenters. The molecule has 2 rings (SSSR count). The van der Waals surface area contributed by atoms with Crippen LogP contribution in [-0.4, -0.2) is 31.4 Å². The molecule has 0 saturated heterocycles. The van der Waals surface area contributed by atoms with Crippen molar-refractivity contribution in [3.05, 3.63) is 59.7 Å². The van der Waals surface area contributed by atoms with Crippen molar-refractivity contribution < 1.29 is 28.5 Å². The SMILES string of the molecule is CCCCCCCCOc1ccc(C(=O)Oc2ccc(C(=O)OC(CCCC)OCCC)cc2)cc1. The van der Waals surface area contributed by atoms with E-state index in [4.69, 9.17) is 18.9 Å². The second-order valence-electron chi connectivity index (χ2n) is 8.90. The largest absolute Gasteiger partial charge is 0.494 e.